The van der Waals surface area contributed by atoms with Gasteiger partial charge in [-0.2, -0.15) is 0 Å². The predicted molar refractivity (Wildman–Crippen MR) is 72.2 cm³/mol. The Bertz CT molecular complexity index is 405. The monoisotopic (exact) mass is 412 g/mol. The van der Waals surface area contributed by atoms with E-state index in [-0.39, 0.29) is 80.6 Å². The summed E-state index contributed by atoms with van der Waals surface area (Å²) in [6.07, 6.45) is 4.92. The van der Waals surface area contributed by atoms with Crippen LogP contribution in [0.2, 0.25) is 0 Å². The second kappa shape index (κ2) is 13.7. The van der Waals surface area contributed by atoms with Gasteiger partial charge in [0, 0.05) is 6.08 Å². The standard InChI is InChI=1S/C15H20O5.Cs/c1-2-15(16)19-12-6-4-3-5-11-18-13-7-9-14(20-17)10-8-13;/h2,7-10,17H,1,3-6,11-12H2;/q;+1/p-1. The Morgan fingerprint density at radius 3 is 2.19 bits per heavy atom. The number of hydrogen-bond donors (Lipinski definition) is 0. The first-order valence-corrected chi connectivity index (χ1v) is 6.58. The fourth-order valence-corrected chi connectivity index (χ4v) is 1.57. The number of hydrogen-bond acceptors (Lipinski definition) is 5. The van der Waals surface area contributed by atoms with Crippen LogP contribution in [0.15, 0.2) is 36.9 Å². The number of esters is 1. The van der Waals surface area contributed by atoms with E-state index >= 15 is 0 Å². The van der Waals surface area contributed by atoms with Gasteiger partial charge in [0.15, 0.2) is 0 Å². The number of carbonyl (C=O) groups excluding carboxylic acids is 1. The molecule has 6 heteroatoms. The Morgan fingerprint density at radius 1 is 1.05 bits per heavy atom. The molecule has 110 valence electrons. The number of ether oxygens (including phenoxy) is 2. The van der Waals surface area contributed by atoms with E-state index in [4.69, 9.17) is 9.47 Å². The molecule has 0 aliphatic carbocycles. The van der Waals surface area contributed by atoms with E-state index in [1.807, 2.05) is 0 Å². The first-order chi connectivity index (χ1) is 9.76. The third kappa shape index (κ3) is 10.4. The van der Waals surface area contributed by atoms with Gasteiger partial charge in [0.2, 0.25) is 0 Å². The summed E-state index contributed by atoms with van der Waals surface area (Å²) in [5.74, 6) is 0.607. The van der Waals surface area contributed by atoms with Crippen molar-refractivity contribution in [3.63, 3.8) is 0 Å². The molecule has 0 amide bonds. The molecule has 1 rings (SSSR count). The third-order valence-corrected chi connectivity index (χ3v) is 2.64. The zero-order valence-corrected chi connectivity index (χ0v) is 18.7. The zero-order chi connectivity index (χ0) is 14.6. The zero-order valence-electron chi connectivity index (χ0n) is 12.4. The molecule has 0 fully saturated rings. The minimum Gasteiger partial charge on any atom is -0.664 e. The van der Waals surface area contributed by atoms with Crippen LogP contribution in [0.5, 0.6) is 11.5 Å². The molecule has 0 N–H and O–H groups in total. The summed E-state index contributed by atoms with van der Waals surface area (Å²) >= 11 is 0. The molecule has 0 unspecified atom stereocenters. The molecule has 1 aromatic rings. The molecule has 0 aromatic heterocycles. The normalized spacial score (nSPS) is 9.38. The van der Waals surface area contributed by atoms with Gasteiger partial charge in [-0.05, 0) is 49.9 Å². The average molecular weight is 412 g/mol. The molecule has 0 aliphatic heterocycles. The molecule has 0 radical (unpaired) electrons. The molecule has 1 aromatic carbocycles. The second-order valence-electron chi connectivity index (χ2n) is 4.19. The van der Waals surface area contributed by atoms with Crippen molar-refractivity contribution in [1.29, 1.82) is 0 Å². The number of benzene rings is 1. The van der Waals surface area contributed by atoms with E-state index in [0.29, 0.717) is 19.0 Å². The van der Waals surface area contributed by atoms with Gasteiger partial charge in [0.05, 0.1) is 13.2 Å². The maximum atomic E-state index is 10.8. The molecule has 0 saturated heterocycles. The number of carbonyl (C=O) groups is 1. The quantitative estimate of drug-likeness (QED) is 0.162. The summed E-state index contributed by atoms with van der Waals surface area (Å²) in [5.41, 5.74) is 0. The molecule has 0 bridgehead atoms. The summed E-state index contributed by atoms with van der Waals surface area (Å²) in [5, 5.41) is 10.1. The van der Waals surface area contributed by atoms with Crippen molar-refractivity contribution >= 4 is 5.97 Å². The summed E-state index contributed by atoms with van der Waals surface area (Å²) in [4.78, 5) is 14.6. The molecular formula is C15H19CsO5. The SMILES string of the molecule is C=CC(=O)OCCCCCCOc1ccc(O[O-])cc1.[Cs+]. The van der Waals surface area contributed by atoms with Gasteiger partial charge in [0.1, 0.15) is 11.5 Å². The van der Waals surface area contributed by atoms with Crippen LogP contribution >= 0.6 is 0 Å². The largest absolute Gasteiger partial charge is 1.00 e. The first kappa shape index (κ1) is 21.0. The minimum atomic E-state index is -0.376. The molecule has 0 aliphatic rings. The maximum absolute atomic E-state index is 10.8. The van der Waals surface area contributed by atoms with Crippen LogP contribution in [0.25, 0.3) is 0 Å². The van der Waals surface area contributed by atoms with Gasteiger partial charge in [0.25, 0.3) is 0 Å². The topological polar surface area (TPSA) is 67.8 Å². The van der Waals surface area contributed by atoms with Crippen molar-refractivity contribution in [2.24, 2.45) is 0 Å². The molecule has 0 atom stereocenters. The Kier molecular flexibility index (Phi) is 13.7. The average Bonchev–Trinajstić information content (AvgIpc) is 2.50. The molecule has 0 heterocycles. The van der Waals surface area contributed by atoms with Crippen LogP contribution < -0.4 is 83.8 Å². The van der Waals surface area contributed by atoms with Gasteiger partial charge in [-0.25, -0.2) is 4.79 Å². The second-order valence-corrected chi connectivity index (χ2v) is 4.19. The minimum absolute atomic E-state index is 0. The van der Waals surface area contributed by atoms with Crippen molar-refractivity contribution in [2.45, 2.75) is 25.7 Å². The Hall–Kier alpha value is 0.0419. The van der Waals surface area contributed by atoms with Crippen molar-refractivity contribution in [1.82, 2.24) is 0 Å². The van der Waals surface area contributed by atoms with Crippen molar-refractivity contribution in [3.8, 4) is 11.5 Å². The number of rotatable bonds is 10. The number of unbranched alkanes of at least 4 members (excludes halogenated alkanes) is 3. The molecule has 0 spiro atoms. The van der Waals surface area contributed by atoms with E-state index in [1.54, 1.807) is 24.3 Å². The van der Waals surface area contributed by atoms with Gasteiger partial charge in [-0.1, -0.05) is 6.58 Å². The molecule has 0 saturated carbocycles. The van der Waals surface area contributed by atoms with Gasteiger partial charge in [-0.15, -0.1) is 0 Å². The third-order valence-electron chi connectivity index (χ3n) is 2.64. The Morgan fingerprint density at radius 2 is 1.62 bits per heavy atom. The van der Waals surface area contributed by atoms with Crippen LogP contribution in [-0.2, 0) is 9.53 Å². The van der Waals surface area contributed by atoms with E-state index in [0.717, 1.165) is 31.8 Å². The molecule has 5 nitrogen and oxygen atoms in total. The van der Waals surface area contributed by atoms with E-state index in [2.05, 4.69) is 11.5 Å². The van der Waals surface area contributed by atoms with Crippen LogP contribution in [0, 0.1) is 0 Å². The molecule has 21 heavy (non-hydrogen) atoms. The van der Waals surface area contributed by atoms with Crippen molar-refractivity contribution in [2.75, 3.05) is 13.2 Å². The molecular weight excluding hydrogens is 393 g/mol. The smallest absolute Gasteiger partial charge is 0.664 e. The summed E-state index contributed by atoms with van der Waals surface area (Å²) in [7, 11) is 0. The Labute approximate surface area is 184 Å². The predicted octanol–water partition coefficient (Wildman–Crippen LogP) is -0.987. The van der Waals surface area contributed by atoms with Crippen LogP contribution in [0.1, 0.15) is 25.7 Å². The fraction of sp³-hybridized carbons (Fsp3) is 0.400. The van der Waals surface area contributed by atoms with E-state index in [1.165, 1.54) is 0 Å². The summed E-state index contributed by atoms with van der Waals surface area (Å²) in [6, 6.07) is 6.52. The van der Waals surface area contributed by atoms with Crippen LogP contribution in [0.3, 0.4) is 0 Å². The first-order valence-electron chi connectivity index (χ1n) is 6.58. The van der Waals surface area contributed by atoms with Crippen LogP contribution in [-0.4, -0.2) is 19.2 Å². The van der Waals surface area contributed by atoms with Crippen molar-refractivity contribution < 1.29 is 93.3 Å². The Balaban J connectivity index is 0.00000400. The maximum Gasteiger partial charge on any atom is 1.00 e. The van der Waals surface area contributed by atoms with E-state index < -0.39 is 0 Å². The van der Waals surface area contributed by atoms with Gasteiger partial charge in [-0.3, -0.25) is 0 Å². The summed E-state index contributed by atoms with van der Waals surface area (Å²) in [6.45, 7) is 4.37. The van der Waals surface area contributed by atoms with Crippen LogP contribution in [0.4, 0.5) is 0 Å². The fourth-order valence-electron chi connectivity index (χ4n) is 1.57. The summed E-state index contributed by atoms with van der Waals surface area (Å²) < 4.78 is 10.4. The van der Waals surface area contributed by atoms with Gasteiger partial charge < -0.3 is 19.6 Å². The van der Waals surface area contributed by atoms with Crippen molar-refractivity contribution in [3.05, 3.63) is 36.9 Å². The van der Waals surface area contributed by atoms with Gasteiger partial charge >= 0.3 is 74.9 Å². The van der Waals surface area contributed by atoms with E-state index in [9.17, 15) is 10.1 Å².